The monoisotopic (exact) mass is 303 g/mol. The van der Waals surface area contributed by atoms with Gasteiger partial charge in [-0.1, -0.05) is 34.4 Å². The summed E-state index contributed by atoms with van der Waals surface area (Å²) in [4.78, 5) is 11.6. The number of nitrogens with one attached hydrogen (secondary N) is 1. The van der Waals surface area contributed by atoms with E-state index < -0.39 is 0 Å². The molecule has 0 fully saturated rings. The number of rotatable bonds is 6. The molecule has 0 aliphatic heterocycles. The second kappa shape index (κ2) is 7.86. The molecular formula is C12H15Cl2N3O2. The van der Waals surface area contributed by atoms with E-state index in [0.717, 1.165) is 5.56 Å². The minimum Gasteiger partial charge on any atom is -0.409 e. The average Bonchev–Trinajstić information content (AvgIpc) is 2.38. The van der Waals surface area contributed by atoms with Crippen molar-refractivity contribution in [2.24, 2.45) is 10.9 Å². The van der Waals surface area contributed by atoms with Crippen LogP contribution in [0.25, 0.3) is 0 Å². The summed E-state index contributed by atoms with van der Waals surface area (Å²) < 4.78 is 0. The molecule has 1 aromatic rings. The number of nitrogens with two attached hydrogens (primary N) is 1. The summed E-state index contributed by atoms with van der Waals surface area (Å²) in [6.45, 7) is 0.469. The number of carbonyl (C=O) groups excluding carboxylic acids is 1. The molecule has 0 spiro atoms. The third-order valence-corrected chi connectivity index (χ3v) is 3.15. The Morgan fingerprint density at radius 1 is 1.37 bits per heavy atom. The highest BCUT2D eigenvalue weighted by Crippen LogP contribution is 2.22. The molecule has 0 radical (unpaired) electrons. The van der Waals surface area contributed by atoms with Crippen molar-refractivity contribution in [1.29, 1.82) is 0 Å². The largest absolute Gasteiger partial charge is 0.409 e. The lowest BCUT2D eigenvalue weighted by atomic mass is 10.1. The molecule has 104 valence electrons. The molecule has 1 amide bonds. The number of hydrogen-bond donors (Lipinski definition) is 3. The Morgan fingerprint density at radius 2 is 2.11 bits per heavy atom. The number of amidine groups is 1. The van der Waals surface area contributed by atoms with Crippen LogP contribution in [0.3, 0.4) is 0 Å². The van der Waals surface area contributed by atoms with E-state index in [1.165, 1.54) is 0 Å². The topological polar surface area (TPSA) is 87.7 Å². The van der Waals surface area contributed by atoms with Crippen LogP contribution >= 0.6 is 23.2 Å². The van der Waals surface area contributed by atoms with Crippen LogP contribution in [0, 0.1) is 0 Å². The normalized spacial score (nSPS) is 11.4. The van der Waals surface area contributed by atoms with E-state index in [0.29, 0.717) is 29.4 Å². The van der Waals surface area contributed by atoms with Gasteiger partial charge in [-0.15, -0.1) is 0 Å². The molecule has 1 rings (SSSR count). The second-order valence-corrected chi connectivity index (χ2v) is 4.78. The van der Waals surface area contributed by atoms with Crippen LogP contribution in [-0.4, -0.2) is 23.5 Å². The molecule has 7 heteroatoms. The van der Waals surface area contributed by atoms with Crippen molar-refractivity contribution < 1.29 is 10.0 Å². The van der Waals surface area contributed by atoms with Crippen molar-refractivity contribution in [3.8, 4) is 0 Å². The molecule has 0 aliphatic carbocycles. The molecule has 1 aromatic carbocycles. The highest BCUT2D eigenvalue weighted by Gasteiger charge is 2.05. The first-order valence-corrected chi connectivity index (χ1v) is 6.45. The van der Waals surface area contributed by atoms with Crippen LogP contribution in [-0.2, 0) is 11.2 Å². The highest BCUT2D eigenvalue weighted by atomic mass is 35.5. The Hall–Kier alpha value is -1.46. The molecule has 0 heterocycles. The Kier molecular flexibility index (Phi) is 6.45. The Bertz CT molecular complexity index is 478. The summed E-state index contributed by atoms with van der Waals surface area (Å²) in [5.74, 6) is 0.0385. The summed E-state index contributed by atoms with van der Waals surface area (Å²) in [5.41, 5.74) is 6.10. The minimum absolute atomic E-state index is 0.113. The number of carbonyl (C=O) groups is 1. The first-order valence-electron chi connectivity index (χ1n) is 5.70. The smallest absolute Gasteiger partial charge is 0.224 e. The Morgan fingerprint density at radius 3 is 2.74 bits per heavy atom. The molecule has 0 saturated heterocycles. The molecule has 0 atom stereocenters. The molecule has 0 saturated carbocycles. The van der Waals surface area contributed by atoms with Gasteiger partial charge in [-0.05, 0) is 24.1 Å². The zero-order chi connectivity index (χ0) is 14.3. The highest BCUT2D eigenvalue weighted by molar-refractivity contribution is 6.42. The third kappa shape index (κ3) is 5.81. The SMILES string of the molecule is NC(CCCNC(=O)Cc1ccc(Cl)c(Cl)c1)=NO. The van der Waals surface area contributed by atoms with E-state index in [1.807, 2.05) is 0 Å². The second-order valence-electron chi connectivity index (χ2n) is 3.97. The predicted octanol–water partition coefficient (Wildman–Crippen LogP) is 2.18. The fourth-order valence-electron chi connectivity index (χ4n) is 1.44. The van der Waals surface area contributed by atoms with Crippen molar-refractivity contribution in [2.45, 2.75) is 19.3 Å². The number of amides is 1. The quantitative estimate of drug-likeness (QED) is 0.247. The minimum atomic E-state index is -0.113. The number of halogens is 2. The molecule has 19 heavy (non-hydrogen) atoms. The van der Waals surface area contributed by atoms with Crippen LogP contribution in [0.5, 0.6) is 0 Å². The molecule has 0 bridgehead atoms. The van der Waals surface area contributed by atoms with Crippen molar-refractivity contribution in [2.75, 3.05) is 6.54 Å². The van der Waals surface area contributed by atoms with E-state index in [2.05, 4.69) is 10.5 Å². The standard InChI is InChI=1S/C12H15Cl2N3O2/c13-9-4-3-8(6-10(9)14)7-12(18)16-5-1-2-11(15)17-19/h3-4,6,19H,1-2,5,7H2,(H2,15,17)(H,16,18). The van der Waals surface area contributed by atoms with Crippen molar-refractivity contribution in [3.63, 3.8) is 0 Å². The summed E-state index contributed by atoms with van der Waals surface area (Å²) >= 11 is 11.6. The van der Waals surface area contributed by atoms with Gasteiger partial charge in [0.25, 0.3) is 0 Å². The lowest BCUT2D eigenvalue weighted by Crippen LogP contribution is -2.27. The van der Waals surface area contributed by atoms with E-state index in [-0.39, 0.29) is 18.2 Å². The maximum Gasteiger partial charge on any atom is 0.224 e. The first kappa shape index (κ1) is 15.6. The van der Waals surface area contributed by atoms with Crippen LogP contribution in [0.1, 0.15) is 18.4 Å². The fraction of sp³-hybridized carbons (Fsp3) is 0.333. The van der Waals surface area contributed by atoms with E-state index in [4.69, 9.17) is 34.1 Å². The van der Waals surface area contributed by atoms with Gasteiger partial charge in [0.2, 0.25) is 5.91 Å². The number of nitrogens with zero attached hydrogens (tertiary/aromatic N) is 1. The fourth-order valence-corrected chi connectivity index (χ4v) is 1.77. The first-order chi connectivity index (χ1) is 9.02. The van der Waals surface area contributed by atoms with Gasteiger partial charge in [0.05, 0.1) is 16.5 Å². The third-order valence-electron chi connectivity index (χ3n) is 2.41. The Balaban J connectivity index is 2.33. The Labute approximate surface area is 121 Å². The van der Waals surface area contributed by atoms with E-state index in [9.17, 15) is 4.79 Å². The van der Waals surface area contributed by atoms with Gasteiger partial charge in [0.1, 0.15) is 5.84 Å². The maximum atomic E-state index is 11.6. The van der Waals surface area contributed by atoms with Gasteiger partial charge in [-0.2, -0.15) is 0 Å². The molecule has 4 N–H and O–H groups in total. The summed E-state index contributed by atoms with van der Waals surface area (Å²) in [5, 5.41) is 14.8. The van der Waals surface area contributed by atoms with Gasteiger partial charge >= 0.3 is 0 Å². The van der Waals surface area contributed by atoms with Crippen LogP contribution in [0.2, 0.25) is 10.0 Å². The van der Waals surface area contributed by atoms with Crippen LogP contribution in [0.4, 0.5) is 0 Å². The number of oxime groups is 1. The molecule has 0 aromatic heterocycles. The zero-order valence-corrected chi connectivity index (χ0v) is 11.7. The maximum absolute atomic E-state index is 11.6. The predicted molar refractivity (Wildman–Crippen MR) is 75.8 cm³/mol. The number of hydrogen-bond acceptors (Lipinski definition) is 3. The van der Waals surface area contributed by atoms with Crippen molar-refractivity contribution >= 4 is 34.9 Å². The van der Waals surface area contributed by atoms with Gasteiger partial charge < -0.3 is 16.3 Å². The van der Waals surface area contributed by atoms with Gasteiger partial charge in [0.15, 0.2) is 0 Å². The van der Waals surface area contributed by atoms with E-state index >= 15 is 0 Å². The van der Waals surface area contributed by atoms with Gasteiger partial charge in [-0.25, -0.2) is 0 Å². The zero-order valence-electron chi connectivity index (χ0n) is 10.2. The van der Waals surface area contributed by atoms with Gasteiger partial charge in [0, 0.05) is 13.0 Å². The van der Waals surface area contributed by atoms with E-state index in [1.54, 1.807) is 18.2 Å². The molecular weight excluding hydrogens is 289 g/mol. The summed E-state index contributed by atoms with van der Waals surface area (Å²) in [6.07, 6.45) is 1.28. The lowest BCUT2D eigenvalue weighted by Gasteiger charge is -2.06. The average molecular weight is 304 g/mol. The van der Waals surface area contributed by atoms with Crippen molar-refractivity contribution in [3.05, 3.63) is 33.8 Å². The number of benzene rings is 1. The lowest BCUT2D eigenvalue weighted by molar-refractivity contribution is -0.120. The molecule has 0 unspecified atom stereocenters. The summed E-state index contributed by atoms with van der Waals surface area (Å²) in [7, 11) is 0. The molecule has 5 nitrogen and oxygen atoms in total. The molecule has 0 aliphatic rings. The summed E-state index contributed by atoms with van der Waals surface area (Å²) in [6, 6.07) is 5.08. The van der Waals surface area contributed by atoms with Crippen LogP contribution in [0.15, 0.2) is 23.4 Å². The van der Waals surface area contributed by atoms with Crippen molar-refractivity contribution in [1.82, 2.24) is 5.32 Å². The van der Waals surface area contributed by atoms with Crippen LogP contribution < -0.4 is 11.1 Å². The van der Waals surface area contributed by atoms with Gasteiger partial charge in [-0.3, -0.25) is 4.79 Å².